The van der Waals surface area contributed by atoms with Crippen molar-refractivity contribution in [1.29, 1.82) is 0 Å². The molecule has 0 aromatic heterocycles. The summed E-state index contributed by atoms with van der Waals surface area (Å²) >= 11 is 0. The van der Waals surface area contributed by atoms with Crippen molar-refractivity contribution < 1.29 is 9.84 Å². The fourth-order valence-electron chi connectivity index (χ4n) is 3.04. The minimum absolute atomic E-state index is 0.253. The van der Waals surface area contributed by atoms with E-state index in [4.69, 9.17) is 4.74 Å². The average Bonchev–Trinajstić information content (AvgIpc) is 2.76. The highest BCUT2D eigenvalue weighted by Gasteiger charge is 2.35. The van der Waals surface area contributed by atoms with Crippen LogP contribution in [0.3, 0.4) is 0 Å². The SMILES string of the molecule is COc1cccc(C(O)C(C)(C)N2CCCCCC2)c1. The van der Waals surface area contributed by atoms with E-state index in [9.17, 15) is 5.11 Å². The maximum atomic E-state index is 10.8. The number of benzene rings is 1. The Morgan fingerprint density at radius 2 is 1.80 bits per heavy atom. The third-order valence-corrected chi connectivity index (χ3v) is 4.50. The molecule has 1 aliphatic heterocycles. The Labute approximate surface area is 122 Å². The molecule has 1 aromatic rings. The predicted octanol–water partition coefficient (Wildman–Crippen LogP) is 3.38. The molecule has 3 heteroatoms. The average molecular weight is 277 g/mol. The van der Waals surface area contributed by atoms with Gasteiger partial charge in [-0.2, -0.15) is 0 Å². The summed E-state index contributed by atoms with van der Waals surface area (Å²) in [6.45, 7) is 6.44. The number of ether oxygens (including phenoxy) is 1. The van der Waals surface area contributed by atoms with E-state index in [0.29, 0.717) is 0 Å². The third-order valence-electron chi connectivity index (χ3n) is 4.50. The molecule has 1 aliphatic rings. The molecule has 1 unspecified atom stereocenters. The van der Waals surface area contributed by atoms with E-state index < -0.39 is 6.10 Å². The Hall–Kier alpha value is -1.06. The van der Waals surface area contributed by atoms with Crippen LogP contribution in [0.2, 0.25) is 0 Å². The molecule has 0 bridgehead atoms. The lowest BCUT2D eigenvalue weighted by Gasteiger charge is -2.41. The number of likely N-dealkylation sites (tertiary alicyclic amines) is 1. The van der Waals surface area contributed by atoms with E-state index in [1.165, 1.54) is 25.7 Å². The molecule has 1 N–H and O–H groups in total. The van der Waals surface area contributed by atoms with Gasteiger partial charge in [0, 0.05) is 5.54 Å². The highest BCUT2D eigenvalue weighted by atomic mass is 16.5. The van der Waals surface area contributed by atoms with Crippen molar-refractivity contribution in [3.8, 4) is 5.75 Å². The van der Waals surface area contributed by atoms with Crippen LogP contribution >= 0.6 is 0 Å². The Bertz CT molecular complexity index is 423. The summed E-state index contributed by atoms with van der Waals surface area (Å²) < 4.78 is 5.26. The monoisotopic (exact) mass is 277 g/mol. The first-order chi connectivity index (χ1) is 9.55. The van der Waals surface area contributed by atoms with Gasteiger partial charge in [-0.15, -0.1) is 0 Å². The van der Waals surface area contributed by atoms with Crippen molar-refractivity contribution in [2.45, 2.75) is 51.2 Å². The molecule has 3 nitrogen and oxygen atoms in total. The van der Waals surface area contributed by atoms with Crippen LogP contribution in [0.25, 0.3) is 0 Å². The highest BCUT2D eigenvalue weighted by Crippen LogP contribution is 2.33. The van der Waals surface area contributed by atoms with Gasteiger partial charge in [-0.1, -0.05) is 25.0 Å². The molecule has 112 valence electrons. The second kappa shape index (κ2) is 6.59. The van der Waals surface area contributed by atoms with Crippen molar-refractivity contribution >= 4 is 0 Å². The Morgan fingerprint density at radius 1 is 1.15 bits per heavy atom. The molecule has 1 heterocycles. The number of aliphatic hydroxyl groups excluding tert-OH is 1. The summed E-state index contributed by atoms with van der Waals surface area (Å²) in [5.74, 6) is 0.799. The number of hydrogen-bond acceptors (Lipinski definition) is 3. The number of hydrogen-bond donors (Lipinski definition) is 1. The molecule has 0 radical (unpaired) electrons. The molecule has 1 aromatic carbocycles. The van der Waals surface area contributed by atoms with E-state index in [2.05, 4.69) is 18.7 Å². The van der Waals surface area contributed by atoms with Crippen molar-refractivity contribution in [3.05, 3.63) is 29.8 Å². The summed E-state index contributed by atoms with van der Waals surface area (Å²) in [5, 5.41) is 10.8. The van der Waals surface area contributed by atoms with Gasteiger partial charge >= 0.3 is 0 Å². The maximum absolute atomic E-state index is 10.8. The van der Waals surface area contributed by atoms with E-state index in [0.717, 1.165) is 24.4 Å². The number of aliphatic hydroxyl groups is 1. The Morgan fingerprint density at radius 3 is 2.40 bits per heavy atom. The van der Waals surface area contributed by atoms with Crippen molar-refractivity contribution in [2.24, 2.45) is 0 Å². The fourth-order valence-corrected chi connectivity index (χ4v) is 3.04. The molecule has 0 aliphatic carbocycles. The van der Waals surface area contributed by atoms with Gasteiger partial charge in [0.25, 0.3) is 0 Å². The molecule has 0 amide bonds. The number of nitrogens with zero attached hydrogens (tertiary/aromatic N) is 1. The zero-order valence-corrected chi connectivity index (χ0v) is 12.9. The molecule has 1 saturated heterocycles. The lowest BCUT2D eigenvalue weighted by Crippen LogP contribution is -2.48. The lowest BCUT2D eigenvalue weighted by atomic mass is 9.89. The minimum atomic E-state index is -0.504. The predicted molar refractivity (Wildman–Crippen MR) is 82.1 cm³/mol. The fraction of sp³-hybridized carbons (Fsp3) is 0.647. The van der Waals surface area contributed by atoms with E-state index in [1.54, 1.807) is 7.11 Å². The Balaban J connectivity index is 2.17. The minimum Gasteiger partial charge on any atom is -0.497 e. The first-order valence-electron chi connectivity index (χ1n) is 7.63. The largest absolute Gasteiger partial charge is 0.497 e. The molecular weight excluding hydrogens is 250 g/mol. The van der Waals surface area contributed by atoms with Gasteiger partial charge in [0.15, 0.2) is 0 Å². The molecule has 1 fully saturated rings. The molecule has 0 spiro atoms. The smallest absolute Gasteiger partial charge is 0.119 e. The molecular formula is C17H27NO2. The van der Waals surface area contributed by atoms with Crippen molar-refractivity contribution in [3.63, 3.8) is 0 Å². The molecule has 2 rings (SSSR count). The van der Waals surface area contributed by atoms with Gasteiger partial charge in [-0.25, -0.2) is 0 Å². The number of methoxy groups -OCH3 is 1. The highest BCUT2D eigenvalue weighted by molar-refractivity contribution is 5.31. The zero-order chi connectivity index (χ0) is 14.6. The summed E-state index contributed by atoms with van der Waals surface area (Å²) in [7, 11) is 1.66. The first-order valence-corrected chi connectivity index (χ1v) is 7.63. The second-order valence-corrected chi connectivity index (χ2v) is 6.23. The molecule has 0 saturated carbocycles. The van der Waals surface area contributed by atoms with E-state index >= 15 is 0 Å². The lowest BCUT2D eigenvalue weighted by molar-refractivity contribution is -0.0101. The summed E-state index contributed by atoms with van der Waals surface area (Å²) in [6.07, 6.45) is 4.57. The quantitative estimate of drug-likeness (QED) is 0.915. The van der Waals surface area contributed by atoms with E-state index in [-0.39, 0.29) is 5.54 Å². The van der Waals surface area contributed by atoms with Gasteiger partial charge in [0.1, 0.15) is 5.75 Å². The van der Waals surface area contributed by atoms with Crippen LogP contribution in [0.15, 0.2) is 24.3 Å². The van der Waals surface area contributed by atoms with Crippen LogP contribution in [0.4, 0.5) is 0 Å². The van der Waals surface area contributed by atoms with Crippen LogP contribution in [0, 0.1) is 0 Å². The third kappa shape index (κ3) is 3.33. The zero-order valence-electron chi connectivity index (χ0n) is 12.9. The molecule has 1 atom stereocenters. The van der Waals surface area contributed by atoms with Crippen molar-refractivity contribution in [1.82, 2.24) is 4.90 Å². The van der Waals surface area contributed by atoms with Crippen LogP contribution in [0.1, 0.15) is 51.2 Å². The van der Waals surface area contributed by atoms with Crippen molar-refractivity contribution in [2.75, 3.05) is 20.2 Å². The van der Waals surface area contributed by atoms with Gasteiger partial charge in [0.05, 0.1) is 13.2 Å². The topological polar surface area (TPSA) is 32.7 Å². The standard InChI is InChI=1S/C17H27NO2/c1-17(2,18-11-6-4-5-7-12-18)16(19)14-9-8-10-15(13-14)20-3/h8-10,13,16,19H,4-7,11-12H2,1-3H3. The van der Waals surface area contributed by atoms with Crippen LogP contribution in [0.5, 0.6) is 5.75 Å². The second-order valence-electron chi connectivity index (χ2n) is 6.23. The number of rotatable bonds is 4. The van der Waals surface area contributed by atoms with E-state index in [1.807, 2.05) is 24.3 Å². The van der Waals surface area contributed by atoms with Crippen LogP contribution in [-0.2, 0) is 0 Å². The molecule has 20 heavy (non-hydrogen) atoms. The van der Waals surface area contributed by atoms with Crippen LogP contribution < -0.4 is 4.74 Å². The van der Waals surface area contributed by atoms with Crippen LogP contribution in [-0.4, -0.2) is 35.7 Å². The van der Waals surface area contributed by atoms with Gasteiger partial charge < -0.3 is 9.84 Å². The summed E-state index contributed by atoms with van der Waals surface area (Å²) in [6, 6.07) is 7.77. The van der Waals surface area contributed by atoms with Gasteiger partial charge in [-0.05, 0) is 57.5 Å². The summed E-state index contributed by atoms with van der Waals surface area (Å²) in [5.41, 5.74) is 0.676. The van der Waals surface area contributed by atoms with Gasteiger partial charge in [-0.3, -0.25) is 4.90 Å². The normalized spacial score (nSPS) is 19.4. The first kappa shape index (κ1) is 15.3. The Kier molecular flexibility index (Phi) is 5.06. The maximum Gasteiger partial charge on any atom is 0.119 e. The van der Waals surface area contributed by atoms with Gasteiger partial charge in [0.2, 0.25) is 0 Å². The summed E-state index contributed by atoms with van der Waals surface area (Å²) in [4.78, 5) is 2.43.